The molecule has 0 N–H and O–H groups in total. The van der Waals surface area contributed by atoms with Gasteiger partial charge in [-0.2, -0.15) is 0 Å². The van der Waals surface area contributed by atoms with Crippen molar-refractivity contribution in [2.45, 2.75) is 54.9 Å². The second kappa shape index (κ2) is 6.74. The molecule has 84 valence electrons. The maximum absolute atomic E-state index is 10.5. The Kier molecular flexibility index (Phi) is 7.61. The van der Waals surface area contributed by atoms with Crippen LogP contribution in [0.25, 0.3) is 0 Å². The molecule has 0 atom stereocenters. The molecule has 0 fully saturated rings. The van der Waals surface area contributed by atoms with Gasteiger partial charge in [0.2, 0.25) is 0 Å². The molecule has 0 unspecified atom stereocenters. The van der Waals surface area contributed by atoms with E-state index in [9.17, 15) is 9.59 Å². The van der Waals surface area contributed by atoms with Crippen LogP contribution >= 0.6 is 0 Å². The highest BCUT2D eigenvalue weighted by molar-refractivity contribution is 5.80. The number of Topliss-reactive ketones (excluding diaryl/α,β-unsaturated/α-hetero) is 2. The van der Waals surface area contributed by atoms with E-state index < -0.39 is 0 Å². The zero-order valence-electron chi connectivity index (χ0n) is 10.6. The van der Waals surface area contributed by atoms with E-state index in [4.69, 9.17) is 0 Å². The lowest BCUT2D eigenvalue weighted by Gasteiger charge is -2.11. The first-order valence-electron chi connectivity index (χ1n) is 5.07. The minimum Gasteiger partial charge on any atom is -0.300 e. The van der Waals surface area contributed by atoms with Crippen molar-refractivity contribution in [1.29, 1.82) is 0 Å². The van der Waals surface area contributed by atoms with Gasteiger partial charge in [-0.15, -0.1) is 0 Å². The van der Waals surface area contributed by atoms with Crippen molar-refractivity contribution in [3.63, 3.8) is 0 Å². The Balaban J connectivity index is 0. The molecule has 0 amide bonds. The van der Waals surface area contributed by atoms with Crippen LogP contribution in [0.4, 0.5) is 0 Å². The van der Waals surface area contributed by atoms with Gasteiger partial charge in [0.05, 0.1) is 0 Å². The average molecular weight is 200 g/mol. The predicted molar refractivity (Wildman–Crippen MR) is 60.3 cm³/mol. The fourth-order valence-electron chi connectivity index (χ4n) is 0.575. The first-order valence-corrected chi connectivity index (χ1v) is 5.07. The van der Waals surface area contributed by atoms with Crippen LogP contribution in [0.3, 0.4) is 0 Å². The van der Waals surface area contributed by atoms with Crippen LogP contribution in [0, 0.1) is 11.3 Å². The third kappa shape index (κ3) is 13.9. The molecule has 0 rings (SSSR count). The van der Waals surface area contributed by atoms with Crippen molar-refractivity contribution in [3.8, 4) is 0 Å². The largest absolute Gasteiger partial charge is 0.300 e. The van der Waals surface area contributed by atoms with Gasteiger partial charge < -0.3 is 4.79 Å². The minimum atomic E-state index is -0.139. The fourth-order valence-corrected chi connectivity index (χ4v) is 0.575. The van der Waals surface area contributed by atoms with Crippen LogP contribution in [0.1, 0.15) is 54.9 Å². The quantitative estimate of drug-likeness (QED) is 0.685. The summed E-state index contributed by atoms with van der Waals surface area (Å²) in [5, 5.41) is 0. The van der Waals surface area contributed by atoms with Gasteiger partial charge in [-0.25, -0.2) is 0 Å². The van der Waals surface area contributed by atoms with Gasteiger partial charge >= 0.3 is 0 Å². The summed E-state index contributed by atoms with van der Waals surface area (Å²) < 4.78 is 0. The Morgan fingerprint density at radius 3 is 1.36 bits per heavy atom. The van der Waals surface area contributed by atoms with Gasteiger partial charge in [0.15, 0.2) is 0 Å². The van der Waals surface area contributed by atoms with Crippen molar-refractivity contribution in [2.24, 2.45) is 11.3 Å². The number of hydrogen-bond acceptors (Lipinski definition) is 2. The smallest absolute Gasteiger partial charge is 0.135 e. The Morgan fingerprint density at radius 2 is 1.36 bits per heavy atom. The summed E-state index contributed by atoms with van der Waals surface area (Å²) in [7, 11) is 0. The molecule has 0 saturated carbocycles. The lowest BCUT2D eigenvalue weighted by Crippen LogP contribution is -2.15. The summed E-state index contributed by atoms with van der Waals surface area (Å²) in [6.07, 6.45) is 0.722. The lowest BCUT2D eigenvalue weighted by molar-refractivity contribution is -0.124. The Labute approximate surface area is 88.1 Å². The van der Waals surface area contributed by atoms with E-state index in [1.807, 2.05) is 34.6 Å². The van der Waals surface area contributed by atoms with E-state index in [1.165, 1.54) is 0 Å². The molecule has 0 bridgehead atoms. The van der Waals surface area contributed by atoms with Gasteiger partial charge in [0.25, 0.3) is 0 Å². The highest BCUT2D eigenvalue weighted by Crippen LogP contribution is 2.12. The molecule has 2 heteroatoms. The first kappa shape index (κ1) is 15.8. The molecule has 0 aliphatic heterocycles. The third-order valence-corrected chi connectivity index (χ3v) is 1.75. The standard InChI is InChI=1S/2C6H12O/c1-5(7)6(2,3)4;1-5(2)4-6(3)7/h1-4H3;5H,4H2,1-3H3. The number of carbonyl (C=O) groups excluding carboxylic acids is 2. The Bertz CT molecular complexity index is 185. The van der Waals surface area contributed by atoms with Crippen LogP contribution < -0.4 is 0 Å². The van der Waals surface area contributed by atoms with Gasteiger partial charge in [-0.05, 0) is 19.8 Å². The molecule has 0 spiro atoms. The molecule has 0 aromatic carbocycles. The van der Waals surface area contributed by atoms with Crippen LogP contribution in [0.2, 0.25) is 0 Å². The second-order valence-electron chi connectivity index (χ2n) is 5.11. The van der Waals surface area contributed by atoms with Crippen molar-refractivity contribution in [3.05, 3.63) is 0 Å². The number of ketones is 2. The van der Waals surface area contributed by atoms with Crippen molar-refractivity contribution in [2.75, 3.05) is 0 Å². The summed E-state index contributed by atoms with van der Waals surface area (Å²) in [4.78, 5) is 20.7. The summed E-state index contributed by atoms with van der Waals surface area (Å²) >= 11 is 0. The van der Waals surface area contributed by atoms with E-state index in [1.54, 1.807) is 13.8 Å². The zero-order valence-corrected chi connectivity index (χ0v) is 10.6. The van der Waals surface area contributed by atoms with E-state index in [0.717, 1.165) is 6.42 Å². The summed E-state index contributed by atoms with van der Waals surface area (Å²) in [5.74, 6) is 1.06. The molecular weight excluding hydrogens is 176 g/mol. The van der Waals surface area contributed by atoms with Gasteiger partial charge in [0.1, 0.15) is 11.6 Å². The topological polar surface area (TPSA) is 34.1 Å². The number of hydrogen-bond donors (Lipinski definition) is 0. The number of rotatable bonds is 2. The van der Waals surface area contributed by atoms with Crippen molar-refractivity contribution in [1.82, 2.24) is 0 Å². The third-order valence-electron chi connectivity index (χ3n) is 1.75. The molecule has 0 aromatic heterocycles. The van der Waals surface area contributed by atoms with E-state index in [-0.39, 0.29) is 17.0 Å². The molecule has 14 heavy (non-hydrogen) atoms. The van der Waals surface area contributed by atoms with Crippen LogP contribution in [0.15, 0.2) is 0 Å². The second-order valence-corrected chi connectivity index (χ2v) is 5.11. The van der Waals surface area contributed by atoms with Gasteiger partial charge in [-0.1, -0.05) is 34.6 Å². The Morgan fingerprint density at radius 1 is 1.07 bits per heavy atom. The maximum atomic E-state index is 10.5. The highest BCUT2D eigenvalue weighted by atomic mass is 16.1. The van der Waals surface area contributed by atoms with Crippen LogP contribution in [0.5, 0.6) is 0 Å². The van der Waals surface area contributed by atoms with Gasteiger partial charge in [-0.3, -0.25) is 4.79 Å². The molecule has 0 aliphatic rings. The van der Waals surface area contributed by atoms with Crippen molar-refractivity contribution < 1.29 is 9.59 Å². The molecule has 0 heterocycles. The molecule has 2 nitrogen and oxygen atoms in total. The van der Waals surface area contributed by atoms with Crippen LogP contribution in [-0.2, 0) is 9.59 Å². The number of carbonyl (C=O) groups is 2. The molecule has 0 saturated heterocycles. The SMILES string of the molecule is CC(=O)C(C)(C)C.CC(=O)CC(C)C. The first-order chi connectivity index (χ1) is 6.07. The summed E-state index contributed by atoms with van der Waals surface area (Å²) in [6.45, 7) is 13.1. The van der Waals surface area contributed by atoms with Crippen molar-refractivity contribution >= 4 is 11.6 Å². The maximum Gasteiger partial charge on any atom is 0.135 e. The minimum absolute atomic E-state index is 0.139. The fraction of sp³-hybridized carbons (Fsp3) is 0.833. The highest BCUT2D eigenvalue weighted by Gasteiger charge is 2.14. The predicted octanol–water partition coefficient (Wildman–Crippen LogP) is 3.24. The molecule has 0 aliphatic carbocycles. The molecular formula is C12H24O2. The van der Waals surface area contributed by atoms with Crippen LogP contribution in [-0.4, -0.2) is 11.6 Å². The molecule has 0 aromatic rings. The van der Waals surface area contributed by atoms with E-state index >= 15 is 0 Å². The summed E-state index contributed by atoms with van der Waals surface area (Å²) in [6, 6.07) is 0. The molecule has 0 radical (unpaired) electrons. The van der Waals surface area contributed by atoms with E-state index in [2.05, 4.69) is 0 Å². The Hall–Kier alpha value is -0.660. The average Bonchev–Trinajstić information content (AvgIpc) is 1.81. The van der Waals surface area contributed by atoms with Gasteiger partial charge in [0, 0.05) is 11.8 Å². The summed E-state index contributed by atoms with van der Waals surface area (Å²) in [5.41, 5.74) is -0.139. The normalized spacial score (nSPS) is 10.6. The van der Waals surface area contributed by atoms with E-state index in [0.29, 0.717) is 5.92 Å². The zero-order chi connectivity index (χ0) is 11.9. The lowest BCUT2D eigenvalue weighted by atomic mass is 9.92. The monoisotopic (exact) mass is 200 g/mol.